The van der Waals surface area contributed by atoms with Crippen LogP contribution < -0.4 is 0 Å². The molecule has 0 heterocycles. The monoisotopic (exact) mass is 55.1 g/mol. The van der Waals surface area contributed by atoms with Crippen LogP contribution in [0.1, 0.15) is 1.43 Å². The Morgan fingerprint density at radius 1 is 1.25 bits per heavy atom. The van der Waals surface area contributed by atoms with Crippen molar-refractivity contribution in [3.05, 3.63) is 13.2 Å². The third-order valence-corrected chi connectivity index (χ3v) is 0. The predicted molar refractivity (Wildman–Crippen MR) is 22.3 cm³/mol. The molecule has 0 bridgehead atoms. The molecule has 0 unspecified atom stereocenters. The van der Waals surface area contributed by atoms with E-state index < -0.39 is 0 Å². The minimum Gasteiger partial charge on any atom is -0.124 e. The van der Waals surface area contributed by atoms with E-state index in [2.05, 4.69) is 26.0 Å². The van der Waals surface area contributed by atoms with Crippen LogP contribution in [-0.4, -0.2) is 0 Å². The standard InChI is InChI=1S/C2H4.C2H2/c2*1-2/h1-2H2;1-2H/p+1. The SMILES string of the molecule is C#C.C=C.[H+]. The molecular weight excluding hydrogens is 48.0 g/mol. The van der Waals surface area contributed by atoms with Gasteiger partial charge in [0.15, 0.2) is 0 Å². The third-order valence-electron chi connectivity index (χ3n) is 0. The molecule has 0 atom stereocenters. The van der Waals surface area contributed by atoms with Crippen molar-refractivity contribution >= 4 is 0 Å². The van der Waals surface area contributed by atoms with Crippen LogP contribution in [0.4, 0.5) is 0 Å². The highest BCUT2D eigenvalue weighted by atomic mass is 12.7. The summed E-state index contributed by atoms with van der Waals surface area (Å²) in [6, 6.07) is 0. The zero-order valence-corrected chi connectivity index (χ0v) is 2.57. The van der Waals surface area contributed by atoms with Gasteiger partial charge in [-0.25, -0.2) is 0 Å². The van der Waals surface area contributed by atoms with Crippen LogP contribution in [0.5, 0.6) is 0 Å². The van der Waals surface area contributed by atoms with Crippen LogP contribution in [0.2, 0.25) is 0 Å². The molecule has 0 heteroatoms. The zero-order valence-electron chi connectivity index (χ0n) is 3.57. The Hall–Kier alpha value is -0.700. The smallest absolute Gasteiger partial charge is 0.124 e. The van der Waals surface area contributed by atoms with E-state index >= 15 is 0 Å². The van der Waals surface area contributed by atoms with E-state index in [0.717, 1.165) is 0 Å². The van der Waals surface area contributed by atoms with E-state index in [9.17, 15) is 0 Å². The lowest BCUT2D eigenvalue weighted by molar-refractivity contribution is 2.81. The van der Waals surface area contributed by atoms with E-state index in [1.54, 1.807) is 0 Å². The molecule has 0 N–H and O–H groups in total. The van der Waals surface area contributed by atoms with Crippen molar-refractivity contribution in [2.24, 2.45) is 0 Å². The second-order valence-electron chi connectivity index (χ2n) is 0. The summed E-state index contributed by atoms with van der Waals surface area (Å²) >= 11 is 0. The minimum absolute atomic E-state index is 0. The molecule has 0 aromatic carbocycles. The van der Waals surface area contributed by atoms with Crippen molar-refractivity contribution < 1.29 is 1.43 Å². The molecule has 0 nitrogen and oxygen atoms in total. The van der Waals surface area contributed by atoms with Gasteiger partial charge in [0.25, 0.3) is 0 Å². The molecule has 22 valence electrons. The van der Waals surface area contributed by atoms with E-state index in [1.807, 2.05) is 0 Å². The summed E-state index contributed by atoms with van der Waals surface area (Å²) < 4.78 is 0. The van der Waals surface area contributed by atoms with Gasteiger partial charge < -0.3 is 0 Å². The molecule has 0 aromatic heterocycles. The van der Waals surface area contributed by atoms with Gasteiger partial charge in [-0.15, -0.1) is 26.0 Å². The van der Waals surface area contributed by atoms with Gasteiger partial charge in [0.05, 0.1) is 0 Å². The molecule has 0 aliphatic heterocycles. The Balaban J connectivity index is -0.0000000133. The highest BCUT2D eigenvalue weighted by Crippen LogP contribution is 0.862. The van der Waals surface area contributed by atoms with Crippen molar-refractivity contribution in [1.82, 2.24) is 0 Å². The first-order chi connectivity index (χ1) is 2.00. The van der Waals surface area contributed by atoms with Crippen LogP contribution in [0.25, 0.3) is 0 Å². The summed E-state index contributed by atoms with van der Waals surface area (Å²) in [6.07, 6.45) is 8.00. The van der Waals surface area contributed by atoms with E-state index in [4.69, 9.17) is 0 Å². The summed E-state index contributed by atoms with van der Waals surface area (Å²) in [7, 11) is 0. The molecule has 0 aromatic rings. The van der Waals surface area contributed by atoms with E-state index in [0.29, 0.717) is 0 Å². The van der Waals surface area contributed by atoms with Gasteiger partial charge in [0, 0.05) is 0 Å². The summed E-state index contributed by atoms with van der Waals surface area (Å²) in [5.74, 6) is 0. The largest absolute Gasteiger partial charge is 1.00 e. The van der Waals surface area contributed by atoms with Crippen molar-refractivity contribution in [2.45, 2.75) is 0 Å². The van der Waals surface area contributed by atoms with Crippen LogP contribution >= 0.6 is 0 Å². The average Bonchev–Trinajstić information content (AvgIpc) is 1.50. The molecule has 0 saturated carbocycles. The fraction of sp³-hybridized carbons (Fsp3) is 0. The molecule has 0 saturated heterocycles. The van der Waals surface area contributed by atoms with Gasteiger partial charge in [0.1, 0.15) is 0 Å². The highest BCUT2D eigenvalue weighted by molar-refractivity contribution is 4.47. The van der Waals surface area contributed by atoms with Crippen molar-refractivity contribution in [2.75, 3.05) is 0 Å². The van der Waals surface area contributed by atoms with Gasteiger partial charge >= 0.3 is 1.43 Å². The molecule has 0 aliphatic carbocycles. The van der Waals surface area contributed by atoms with Crippen molar-refractivity contribution in [1.29, 1.82) is 0 Å². The maximum Gasteiger partial charge on any atom is 1.00 e. The lowest BCUT2D eigenvalue weighted by atomic mass is 11.3. The van der Waals surface area contributed by atoms with Crippen molar-refractivity contribution in [3.8, 4) is 12.8 Å². The lowest BCUT2D eigenvalue weighted by Gasteiger charge is -0.813. The Morgan fingerprint density at radius 3 is 1.25 bits per heavy atom. The number of terminal acetylenes is 1. The van der Waals surface area contributed by atoms with Crippen LogP contribution in [0, 0.1) is 12.8 Å². The molecule has 0 radical (unpaired) electrons. The molecular formula is C4H7+. The molecule has 0 amide bonds. The Labute approximate surface area is 28.6 Å². The second-order valence-corrected chi connectivity index (χ2v) is 0. The van der Waals surface area contributed by atoms with Gasteiger partial charge in [-0.1, -0.05) is 0 Å². The first kappa shape index (κ1) is 10.3. The Bertz CT molecular complexity index is 14.9. The Kier molecular flexibility index (Phi) is 20.5. The van der Waals surface area contributed by atoms with Gasteiger partial charge in [0.2, 0.25) is 0 Å². The van der Waals surface area contributed by atoms with Crippen LogP contribution in [0.15, 0.2) is 13.2 Å². The summed E-state index contributed by atoms with van der Waals surface area (Å²) in [6.45, 7) is 6.00. The predicted octanol–water partition coefficient (Wildman–Crippen LogP) is 1.16. The first-order valence-electron chi connectivity index (χ1n) is 0.833. The van der Waals surface area contributed by atoms with Crippen LogP contribution in [0.3, 0.4) is 0 Å². The highest BCUT2D eigenvalue weighted by Gasteiger charge is 0.601. The normalized spacial score (nSPS) is 1.50. The molecule has 0 fully saturated rings. The zero-order chi connectivity index (χ0) is 4.00. The average molecular weight is 55.1 g/mol. The van der Waals surface area contributed by atoms with Gasteiger partial charge in [-0.2, -0.15) is 0 Å². The fourth-order valence-corrected chi connectivity index (χ4v) is 0. The first-order valence-corrected chi connectivity index (χ1v) is 0.833. The Morgan fingerprint density at radius 2 is 1.25 bits per heavy atom. The number of hydrogen-bond acceptors (Lipinski definition) is 0. The molecule has 0 aliphatic rings. The second kappa shape index (κ2) is 7.93. The summed E-state index contributed by atoms with van der Waals surface area (Å²) in [5.41, 5.74) is 0. The quantitative estimate of drug-likeness (QED) is 0.288. The van der Waals surface area contributed by atoms with Crippen molar-refractivity contribution in [3.63, 3.8) is 0 Å². The summed E-state index contributed by atoms with van der Waals surface area (Å²) in [5, 5.41) is 0. The fourth-order valence-electron chi connectivity index (χ4n) is 0. The van der Waals surface area contributed by atoms with Crippen LogP contribution in [-0.2, 0) is 0 Å². The van der Waals surface area contributed by atoms with Gasteiger partial charge in [-0.05, 0) is 0 Å². The molecule has 0 rings (SSSR count). The topological polar surface area (TPSA) is 0 Å². The lowest BCUT2D eigenvalue weighted by Crippen LogP contribution is -0.576. The maximum atomic E-state index is 4.00. The molecule has 4 heavy (non-hydrogen) atoms. The van der Waals surface area contributed by atoms with E-state index in [-0.39, 0.29) is 1.43 Å². The number of rotatable bonds is 0. The van der Waals surface area contributed by atoms with Gasteiger partial charge in [-0.3, -0.25) is 0 Å². The third kappa shape index (κ3) is 0.239. The maximum absolute atomic E-state index is 4.00. The van der Waals surface area contributed by atoms with E-state index in [1.165, 1.54) is 0 Å². The molecule has 0 spiro atoms. The minimum atomic E-state index is 0. The number of hydrogen-bond donors (Lipinski definition) is 0. The summed E-state index contributed by atoms with van der Waals surface area (Å²) in [4.78, 5) is 0.